The van der Waals surface area contributed by atoms with Crippen LogP contribution in [0.25, 0.3) is 0 Å². The normalized spacial score (nSPS) is 11.2. The largest absolute Gasteiger partial charge is 0.352 e. The minimum absolute atomic E-state index is 0.0497. The number of sulfone groups is 1. The number of carbonyl (C=O) groups is 1. The number of hydrogen-bond acceptors (Lipinski definition) is 4. The molecule has 1 aromatic heterocycles. The fourth-order valence-corrected chi connectivity index (χ4v) is 2.06. The lowest BCUT2D eigenvalue weighted by atomic mass is 10.2. The van der Waals surface area contributed by atoms with Crippen molar-refractivity contribution in [2.45, 2.75) is 6.42 Å². The van der Waals surface area contributed by atoms with Gasteiger partial charge in [-0.3, -0.25) is 4.79 Å². The number of carbonyl (C=O) groups excluding carboxylic acids is 1. The summed E-state index contributed by atoms with van der Waals surface area (Å²) in [6.07, 6.45) is 3.03. The van der Waals surface area contributed by atoms with Crippen molar-refractivity contribution in [1.82, 2.24) is 10.3 Å². The molecule has 0 fully saturated rings. The highest BCUT2D eigenvalue weighted by atomic mass is 35.5. The molecule has 1 amide bonds. The Balaban J connectivity index is 2.44. The van der Waals surface area contributed by atoms with Crippen LogP contribution in [-0.4, -0.2) is 37.9 Å². The standard InChI is InChI=1S/C10H13ClN2O3S/c1-17(15,16)7-3-6-13-10(14)8-4-2-5-12-9(8)11/h2,4-5H,3,6-7H2,1H3,(H,13,14). The van der Waals surface area contributed by atoms with Crippen LogP contribution in [0.3, 0.4) is 0 Å². The van der Waals surface area contributed by atoms with Crippen molar-refractivity contribution in [3.63, 3.8) is 0 Å². The van der Waals surface area contributed by atoms with Gasteiger partial charge in [0.2, 0.25) is 0 Å². The van der Waals surface area contributed by atoms with Gasteiger partial charge in [-0.2, -0.15) is 0 Å². The van der Waals surface area contributed by atoms with Gasteiger partial charge in [0, 0.05) is 19.0 Å². The molecular weight excluding hydrogens is 264 g/mol. The molecule has 0 bridgehead atoms. The summed E-state index contributed by atoms with van der Waals surface area (Å²) in [7, 11) is -2.98. The lowest BCUT2D eigenvalue weighted by Gasteiger charge is -2.05. The minimum Gasteiger partial charge on any atom is -0.352 e. The van der Waals surface area contributed by atoms with Gasteiger partial charge in [0.05, 0.1) is 11.3 Å². The molecule has 94 valence electrons. The average molecular weight is 277 g/mol. The van der Waals surface area contributed by atoms with Crippen LogP contribution in [0.2, 0.25) is 5.15 Å². The highest BCUT2D eigenvalue weighted by Crippen LogP contribution is 2.10. The third-order valence-electron chi connectivity index (χ3n) is 1.98. The molecule has 17 heavy (non-hydrogen) atoms. The third-order valence-corrected chi connectivity index (χ3v) is 3.31. The second-order valence-corrected chi connectivity index (χ2v) is 6.20. The first kappa shape index (κ1) is 13.9. The van der Waals surface area contributed by atoms with Crippen molar-refractivity contribution in [2.75, 3.05) is 18.6 Å². The van der Waals surface area contributed by atoms with E-state index < -0.39 is 9.84 Å². The first-order valence-corrected chi connectivity index (χ1v) is 7.40. The molecule has 1 heterocycles. The van der Waals surface area contributed by atoms with Gasteiger partial charge in [0.1, 0.15) is 15.0 Å². The van der Waals surface area contributed by atoms with Crippen LogP contribution >= 0.6 is 11.6 Å². The molecule has 0 aliphatic heterocycles. The zero-order valence-corrected chi connectivity index (χ0v) is 10.9. The predicted octanol–water partition coefficient (Wildman–Crippen LogP) is 0.899. The Kier molecular flexibility index (Phi) is 4.89. The van der Waals surface area contributed by atoms with E-state index >= 15 is 0 Å². The maximum atomic E-state index is 11.6. The number of rotatable bonds is 5. The molecule has 0 radical (unpaired) electrons. The van der Waals surface area contributed by atoms with Gasteiger partial charge < -0.3 is 5.32 Å². The van der Waals surface area contributed by atoms with E-state index in [9.17, 15) is 13.2 Å². The van der Waals surface area contributed by atoms with E-state index in [1.54, 1.807) is 12.1 Å². The Bertz CT molecular complexity index is 502. The highest BCUT2D eigenvalue weighted by molar-refractivity contribution is 7.90. The summed E-state index contributed by atoms with van der Waals surface area (Å²) in [5.41, 5.74) is 0.286. The van der Waals surface area contributed by atoms with Crippen LogP contribution in [0, 0.1) is 0 Å². The fourth-order valence-electron chi connectivity index (χ4n) is 1.19. The molecule has 1 N–H and O–H groups in total. The highest BCUT2D eigenvalue weighted by Gasteiger charge is 2.10. The van der Waals surface area contributed by atoms with Gasteiger partial charge in [-0.1, -0.05) is 11.6 Å². The van der Waals surface area contributed by atoms with E-state index in [2.05, 4.69) is 10.3 Å². The number of nitrogens with zero attached hydrogens (tertiary/aromatic N) is 1. The minimum atomic E-state index is -2.98. The number of aromatic nitrogens is 1. The molecule has 7 heteroatoms. The van der Waals surface area contributed by atoms with Crippen LogP contribution in [0.5, 0.6) is 0 Å². The van der Waals surface area contributed by atoms with Crippen molar-refractivity contribution < 1.29 is 13.2 Å². The van der Waals surface area contributed by atoms with Crippen LogP contribution in [-0.2, 0) is 9.84 Å². The van der Waals surface area contributed by atoms with E-state index in [0.29, 0.717) is 6.42 Å². The van der Waals surface area contributed by atoms with Crippen LogP contribution in [0.4, 0.5) is 0 Å². The second kappa shape index (κ2) is 5.97. The molecular formula is C10H13ClN2O3S. The Morgan fingerprint density at radius 3 is 2.82 bits per heavy atom. The number of amides is 1. The molecule has 0 spiro atoms. The fraction of sp³-hybridized carbons (Fsp3) is 0.400. The molecule has 0 aliphatic carbocycles. The third kappa shape index (κ3) is 5.14. The summed E-state index contributed by atoms with van der Waals surface area (Å²) >= 11 is 5.74. The number of pyridine rings is 1. The summed E-state index contributed by atoms with van der Waals surface area (Å²) in [5.74, 6) is -0.301. The van der Waals surface area contributed by atoms with Crippen LogP contribution in [0.15, 0.2) is 18.3 Å². The number of halogens is 1. The zero-order valence-electron chi connectivity index (χ0n) is 9.31. The smallest absolute Gasteiger partial charge is 0.254 e. The van der Waals surface area contributed by atoms with Gasteiger partial charge in [-0.05, 0) is 18.6 Å². The lowest BCUT2D eigenvalue weighted by molar-refractivity contribution is 0.0953. The van der Waals surface area contributed by atoms with Gasteiger partial charge in [-0.25, -0.2) is 13.4 Å². The topological polar surface area (TPSA) is 76.1 Å². The molecule has 0 aliphatic rings. The van der Waals surface area contributed by atoms with Gasteiger partial charge in [0.25, 0.3) is 5.91 Å². The SMILES string of the molecule is CS(=O)(=O)CCCNC(=O)c1cccnc1Cl. The summed E-state index contributed by atoms with van der Waals surface area (Å²) in [6, 6.07) is 3.17. The summed E-state index contributed by atoms with van der Waals surface area (Å²) in [4.78, 5) is 15.4. The molecule has 1 aromatic rings. The van der Waals surface area contributed by atoms with Crippen molar-refractivity contribution in [3.8, 4) is 0 Å². The van der Waals surface area contributed by atoms with Crippen molar-refractivity contribution in [3.05, 3.63) is 29.0 Å². The van der Waals surface area contributed by atoms with Crippen LogP contribution < -0.4 is 5.32 Å². The quantitative estimate of drug-likeness (QED) is 0.640. The average Bonchev–Trinajstić information content (AvgIpc) is 2.23. The first-order valence-electron chi connectivity index (χ1n) is 4.96. The van der Waals surface area contributed by atoms with Crippen molar-refractivity contribution in [1.29, 1.82) is 0 Å². The summed E-state index contributed by atoms with van der Waals surface area (Å²) in [6.45, 7) is 0.289. The van der Waals surface area contributed by atoms with E-state index in [1.807, 2.05) is 0 Å². The zero-order chi connectivity index (χ0) is 12.9. The molecule has 1 rings (SSSR count). The van der Waals surface area contributed by atoms with Gasteiger partial charge >= 0.3 is 0 Å². The van der Waals surface area contributed by atoms with E-state index in [4.69, 9.17) is 11.6 Å². The Labute approximate surface area is 105 Å². The molecule has 0 saturated carbocycles. The summed E-state index contributed by atoms with van der Waals surface area (Å²) < 4.78 is 21.7. The molecule has 5 nitrogen and oxygen atoms in total. The van der Waals surface area contributed by atoms with Crippen LogP contribution in [0.1, 0.15) is 16.8 Å². The Hall–Kier alpha value is -1.14. The number of nitrogens with one attached hydrogen (secondary N) is 1. The first-order chi connectivity index (χ1) is 7.90. The molecule has 0 saturated heterocycles. The predicted molar refractivity (Wildman–Crippen MR) is 65.9 cm³/mol. The lowest BCUT2D eigenvalue weighted by Crippen LogP contribution is -2.26. The van der Waals surface area contributed by atoms with Crippen molar-refractivity contribution >= 4 is 27.3 Å². The Morgan fingerprint density at radius 1 is 1.53 bits per heavy atom. The van der Waals surface area contributed by atoms with E-state index in [-0.39, 0.29) is 28.9 Å². The Morgan fingerprint density at radius 2 is 2.24 bits per heavy atom. The van der Waals surface area contributed by atoms with E-state index in [0.717, 1.165) is 6.26 Å². The van der Waals surface area contributed by atoms with Crippen molar-refractivity contribution in [2.24, 2.45) is 0 Å². The monoisotopic (exact) mass is 276 g/mol. The van der Waals surface area contributed by atoms with E-state index in [1.165, 1.54) is 6.20 Å². The molecule has 0 unspecified atom stereocenters. The maximum Gasteiger partial charge on any atom is 0.254 e. The molecule has 0 atom stereocenters. The second-order valence-electron chi connectivity index (χ2n) is 3.58. The van der Waals surface area contributed by atoms with Gasteiger partial charge in [0.15, 0.2) is 0 Å². The molecule has 0 aromatic carbocycles. The summed E-state index contributed by atoms with van der Waals surface area (Å²) in [5, 5.41) is 2.72. The number of hydrogen-bond donors (Lipinski definition) is 1. The van der Waals surface area contributed by atoms with Gasteiger partial charge in [-0.15, -0.1) is 0 Å². The maximum absolute atomic E-state index is 11.6.